The van der Waals surface area contributed by atoms with Crippen molar-refractivity contribution in [2.24, 2.45) is 22.2 Å². The topological polar surface area (TPSA) is 241 Å². The van der Waals surface area contributed by atoms with E-state index < -0.39 is 53.8 Å². The first-order valence-corrected chi connectivity index (χ1v) is 13.7. The van der Waals surface area contributed by atoms with Crippen LogP contribution in [0.4, 0.5) is 0 Å². The van der Waals surface area contributed by atoms with Gasteiger partial charge in [0.05, 0.1) is 6.61 Å². The molecule has 1 aliphatic heterocycles. The third-order valence-electron chi connectivity index (χ3n) is 6.32. The van der Waals surface area contributed by atoms with Crippen molar-refractivity contribution in [3.8, 4) is 0 Å². The lowest BCUT2D eigenvalue weighted by Crippen LogP contribution is -2.56. The molecule has 41 heavy (non-hydrogen) atoms. The number of hydrogen-bond acceptors (Lipinski definition) is 8. The van der Waals surface area contributed by atoms with Gasteiger partial charge in [0.1, 0.15) is 18.1 Å². The second-order valence-corrected chi connectivity index (χ2v) is 9.70. The molecule has 1 saturated heterocycles. The second-order valence-electron chi connectivity index (χ2n) is 9.70. The van der Waals surface area contributed by atoms with Crippen molar-refractivity contribution < 1.29 is 33.5 Å². The van der Waals surface area contributed by atoms with Crippen LogP contribution in [0.2, 0.25) is 0 Å². The zero-order valence-electron chi connectivity index (χ0n) is 24.0. The lowest BCUT2D eigenvalue weighted by atomic mass is 10.1. The van der Waals surface area contributed by atoms with E-state index in [0.29, 0.717) is 38.8 Å². The summed E-state index contributed by atoms with van der Waals surface area (Å²) in [5, 5.41) is 8.01. The lowest BCUT2D eigenvalue weighted by Gasteiger charge is -2.26. The molecule has 4 atom stereocenters. The molecule has 0 unspecified atom stereocenters. The van der Waals surface area contributed by atoms with Gasteiger partial charge in [-0.3, -0.25) is 29.0 Å². The number of aliphatic imine (C=N–C) groups is 1. The van der Waals surface area contributed by atoms with Crippen molar-refractivity contribution >= 4 is 41.5 Å². The fourth-order valence-corrected chi connectivity index (χ4v) is 4.21. The molecule has 0 aromatic heterocycles. The molecule has 0 aromatic rings. The number of guanidine groups is 1. The Morgan fingerprint density at radius 1 is 1.02 bits per heavy atom. The highest BCUT2D eigenvalue weighted by molar-refractivity contribution is 5.94. The number of rotatable bonds is 17. The first kappa shape index (κ1) is 34.9. The van der Waals surface area contributed by atoms with E-state index in [0.717, 1.165) is 6.08 Å². The van der Waals surface area contributed by atoms with Gasteiger partial charge in [-0.15, -0.1) is 0 Å². The molecular weight excluding hydrogens is 536 g/mol. The Bertz CT molecular complexity index is 996. The van der Waals surface area contributed by atoms with E-state index in [4.69, 9.17) is 21.9 Å². The fraction of sp³-hybridized carbons (Fsp3) is 0.654. The maximum Gasteiger partial charge on any atom is 0.330 e. The van der Waals surface area contributed by atoms with Crippen LogP contribution in [0.5, 0.6) is 0 Å². The highest BCUT2D eigenvalue weighted by Crippen LogP contribution is 2.17. The summed E-state index contributed by atoms with van der Waals surface area (Å²) in [6.45, 7) is 5.47. The van der Waals surface area contributed by atoms with E-state index in [1.165, 1.54) is 24.8 Å². The van der Waals surface area contributed by atoms with Gasteiger partial charge in [-0.05, 0) is 52.4 Å². The molecule has 1 fully saturated rings. The number of amides is 5. The number of nitrogens with two attached hydrogens (primary N) is 3. The van der Waals surface area contributed by atoms with Gasteiger partial charge in [0, 0.05) is 38.6 Å². The fourth-order valence-electron chi connectivity index (χ4n) is 4.21. The third kappa shape index (κ3) is 13.6. The van der Waals surface area contributed by atoms with E-state index in [1.807, 2.05) is 0 Å². The summed E-state index contributed by atoms with van der Waals surface area (Å²) in [5.74, 6) is -3.12. The van der Waals surface area contributed by atoms with Crippen LogP contribution < -0.4 is 33.2 Å². The quantitative estimate of drug-likeness (QED) is 0.0377. The normalized spacial score (nSPS) is 16.8. The molecule has 230 valence electrons. The van der Waals surface area contributed by atoms with Gasteiger partial charge in [0.15, 0.2) is 5.96 Å². The Balaban J connectivity index is 2.96. The van der Waals surface area contributed by atoms with Crippen molar-refractivity contribution in [1.82, 2.24) is 20.9 Å². The van der Waals surface area contributed by atoms with Crippen LogP contribution in [0.15, 0.2) is 17.1 Å². The van der Waals surface area contributed by atoms with Gasteiger partial charge in [0.2, 0.25) is 29.5 Å². The number of nitrogens with one attached hydrogen (secondary N) is 3. The highest BCUT2D eigenvalue weighted by Gasteiger charge is 2.34. The summed E-state index contributed by atoms with van der Waals surface area (Å²) in [6, 6.07) is -3.43. The number of nitrogens with zero attached hydrogens (tertiary/aromatic N) is 2. The van der Waals surface area contributed by atoms with E-state index in [2.05, 4.69) is 20.9 Å². The lowest BCUT2D eigenvalue weighted by molar-refractivity contribution is -0.138. The van der Waals surface area contributed by atoms with E-state index >= 15 is 0 Å². The number of carbonyl (C=O) groups excluding carboxylic acids is 6. The first-order valence-electron chi connectivity index (χ1n) is 13.7. The molecule has 9 N–H and O–H groups in total. The SMILES string of the molecule is CCOC(=O)/C=C/[C@H](CCC(N)=O)NC(=O)[C@H](CCCCN=C(N)N)NC(=O)[C@H](C)NC(=O)[C@@H]1CCCN1C(C)=O. The average molecular weight is 581 g/mol. The zero-order valence-corrected chi connectivity index (χ0v) is 24.0. The maximum absolute atomic E-state index is 13.3. The molecule has 1 rings (SSSR count). The van der Waals surface area contributed by atoms with Gasteiger partial charge in [-0.2, -0.15) is 0 Å². The Hall–Kier alpha value is -4.17. The third-order valence-corrected chi connectivity index (χ3v) is 6.32. The average Bonchev–Trinajstić information content (AvgIpc) is 3.39. The van der Waals surface area contributed by atoms with Crippen LogP contribution in [0.25, 0.3) is 0 Å². The predicted octanol–water partition coefficient (Wildman–Crippen LogP) is -1.70. The molecular formula is C26H44N8O7. The van der Waals surface area contributed by atoms with Crippen molar-refractivity contribution in [2.75, 3.05) is 19.7 Å². The number of likely N-dealkylation sites (tertiary alicyclic amines) is 1. The number of carbonyl (C=O) groups is 6. The number of esters is 1. The minimum Gasteiger partial charge on any atom is -0.463 e. The smallest absolute Gasteiger partial charge is 0.330 e. The van der Waals surface area contributed by atoms with Crippen molar-refractivity contribution in [2.45, 2.75) is 89.9 Å². The van der Waals surface area contributed by atoms with Crippen LogP contribution in [0, 0.1) is 0 Å². The molecule has 15 nitrogen and oxygen atoms in total. The predicted molar refractivity (Wildman–Crippen MR) is 151 cm³/mol. The summed E-state index contributed by atoms with van der Waals surface area (Å²) in [6.07, 6.45) is 4.97. The standard InChI is InChI=1S/C26H44N8O7/c1-4-41-22(37)13-11-18(10-12-21(27)36)32-24(39)19(8-5-6-14-30-26(28)29)33-23(38)16(2)31-25(40)20-9-7-15-34(20)17(3)35/h11,13,16,18-20H,4-10,12,14-15H2,1-3H3,(H2,27,36)(H,31,40)(H,32,39)(H,33,38)(H4,28,29,30)/b13-11+/t16-,18-,19-,20-/m0/s1. The van der Waals surface area contributed by atoms with Crippen LogP contribution >= 0.6 is 0 Å². The second kappa shape index (κ2) is 18.2. The molecule has 0 aromatic carbocycles. The van der Waals surface area contributed by atoms with E-state index in [-0.39, 0.29) is 37.7 Å². The summed E-state index contributed by atoms with van der Waals surface area (Å²) in [7, 11) is 0. The molecule has 0 saturated carbocycles. The molecule has 0 spiro atoms. The Morgan fingerprint density at radius 2 is 1.73 bits per heavy atom. The minimum atomic E-state index is -1.02. The molecule has 0 radical (unpaired) electrons. The summed E-state index contributed by atoms with van der Waals surface area (Å²) >= 11 is 0. The molecule has 0 aliphatic carbocycles. The molecule has 5 amide bonds. The van der Waals surface area contributed by atoms with Crippen molar-refractivity contribution in [3.05, 3.63) is 12.2 Å². The van der Waals surface area contributed by atoms with Crippen molar-refractivity contribution in [1.29, 1.82) is 0 Å². The number of primary amides is 1. The number of ether oxygens (including phenoxy) is 1. The van der Waals surface area contributed by atoms with Gasteiger partial charge in [0.25, 0.3) is 0 Å². The monoisotopic (exact) mass is 580 g/mol. The van der Waals surface area contributed by atoms with Crippen LogP contribution in [-0.4, -0.2) is 90.2 Å². The van der Waals surface area contributed by atoms with Crippen LogP contribution in [0.1, 0.15) is 65.7 Å². The van der Waals surface area contributed by atoms with Crippen LogP contribution in [0.3, 0.4) is 0 Å². The zero-order chi connectivity index (χ0) is 30.9. The van der Waals surface area contributed by atoms with Gasteiger partial charge < -0.3 is 42.8 Å². The highest BCUT2D eigenvalue weighted by atomic mass is 16.5. The Labute approximate surface area is 240 Å². The summed E-state index contributed by atoms with van der Waals surface area (Å²) in [4.78, 5) is 79.3. The minimum absolute atomic E-state index is 0.0604. The largest absolute Gasteiger partial charge is 0.463 e. The molecule has 0 bridgehead atoms. The Morgan fingerprint density at radius 3 is 2.34 bits per heavy atom. The number of hydrogen-bond donors (Lipinski definition) is 6. The van der Waals surface area contributed by atoms with Gasteiger partial charge in [-0.1, -0.05) is 6.08 Å². The van der Waals surface area contributed by atoms with E-state index in [9.17, 15) is 28.8 Å². The summed E-state index contributed by atoms with van der Waals surface area (Å²) in [5.41, 5.74) is 15.9. The summed E-state index contributed by atoms with van der Waals surface area (Å²) < 4.78 is 4.86. The first-order chi connectivity index (χ1) is 19.3. The van der Waals surface area contributed by atoms with Gasteiger partial charge in [-0.25, -0.2) is 4.79 Å². The maximum atomic E-state index is 13.3. The van der Waals surface area contributed by atoms with Crippen LogP contribution in [-0.2, 0) is 33.5 Å². The van der Waals surface area contributed by atoms with Crippen molar-refractivity contribution in [3.63, 3.8) is 0 Å². The molecule has 15 heteroatoms. The molecule has 1 heterocycles. The molecule has 1 aliphatic rings. The Kier molecular flexibility index (Phi) is 15.5. The van der Waals surface area contributed by atoms with Gasteiger partial charge >= 0.3 is 5.97 Å². The van der Waals surface area contributed by atoms with E-state index in [1.54, 1.807) is 6.92 Å². The number of unbranched alkanes of at least 4 members (excludes halogenated alkanes) is 1.